The molecule has 138 valence electrons. The molecule has 1 heterocycles. The highest BCUT2D eigenvalue weighted by Crippen LogP contribution is 2.43. The van der Waals surface area contributed by atoms with E-state index in [1.807, 2.05) is 27.7 Å². The van der Waals surface area contributed by atoms with Crippen LogP contribution < -0.4 is 9.47 Å². The first-order valence-corrected chi connectivity index (χ1v) is 8.01. The number of carbonyl (C=O) groups is 1. The van der Waals surface area contributed by atoms with Gasteiger partial charge in [-0.1, -0.05) is 0 Å². The molecule has 25 heavy (non-hydrogen) atoms. The Morgan fingerprint density at radius 3 is 2.08 bits per heavy atom. The highest BCUT2D eigenvalue weighted by atomic mass is 19.1. The summed E-state index contributed by atoms with van der Waals surface area (Å²) in [5.74, 6) is -1.97. The first-order chi connectivity index (χ1) is 11.5. The maximum Gasteiger partial charge on any atom is 0.466 e. The van der Waals surface area contributed by atoms with Crippen molar-refractivity contribution in [1.82, 2.24) is 0 Å². The molecule has 1 aromatic carbocycles. The molecule has 0 saturated carbocycles. The third kappa shape index (κ3) is 3.74. The van der Waals surface area contributed by atoms with Crippen molar-refractivity contribution in [2.45, 2.75) is 51.1 Å². The fourth-order valence-electron chi connectivity index (χ4n) is 2.75. The summed E-state index contributed by atoms with van der Waals surface area (Å²) in [6.45, 7) is 7.43. The molecule has 0 radical (unpaired) electrons. The molecule has 0 aromatic heterocycles. The van der Waals surface area contributed by atoms with Crippen molar-refractivity contribution in [3.05, 3.63) is 23.5 Å². The molecule has 1 saturated heterocycles. The van der Waals surface area contributed by atoms with Crippen LogP contribution in [0.1, 0.15) is 45.5 Å². The second-order valence-electron chi connectivity index (χ2n) is 7.06. The van der Waals surface area contributed by atoms with Gasteiger partial charge in [-0.15, -0.1) is 0 Å². The van der Waals surface area contributed by atoms with Crippen molar-refractivity contribution >= 4 is 13.1 Å². The Morgan fingerprint density at radius 2 is 1.64 bits per heavy atom. The minimum atomic E-state index is -1.08. The van der Waals surface area contributed by atoms with Gasteiger partial charge < -0.3 is 23.9 Å². The van der Waals surface area contributed by atoms with Gasteiger partial charge in [0.05, 0.1) is 31.8 Å². The number of hydrogen-bond donors (Lipinski definition) is 1. The monoisotopic (exact) mass is 354 g/mol. The summed E-state index contributed by atoms with van der Waals surface area (Å²) in [6, 6.07) is 2.61. The van der Waals surface area contributed by atoms with E-state index < -0.39 is 35.9 Å². The van der Waals surface area contributed by atoms with Gasteiger partial charge >= 0.3 is 13.1 Å². The van der Waals surface area contributed by atoms with Crippen LogP contribution in [0.3, 0.4) is 0 Å². The van der Waals surface area contributed by atoms with E-state index in [1.165, 1.54) is 26.4 Å². The topological polar surface area (TPSA) is 74.2 Å². The predicted molar refractivity (Wildman–Crippen MR) is 90.6 cm³/mol. The SMILES string of the molecule is COc1cc(F)c(C(CC(=O)O)B2OC(C)(C)C(C)(C)O2)cc1OC. The number of aliphatic carboxylic acids is 1. The molecular formula is C17H24BFO6. The largest absolute Gasteiger partial charge is 0.493 e. The molecule has 1 aliphatic heterocycles. The van der Waals surface area contributed by atoms with Crippen LogP contribution in [0, 0.1) is 5.82 Å². The molecule has 1 aromatic rings. The van der Waals surface area contributed by atoms with Crippen LogP contribution in [0.15, 0.2) is 12.1 Å². The molecule has 0 bridgehead atoms. The Balaban J connectivity index is 2.47. The fraction of sp³-hybridized carbons (Fsp3) is 0.588. The summed E-state index contributed by atoms with van der Waals surface area (Å²) in [6.07, 6.45) is -0.344. The smallest absolute Gasteiger partial charge is 0.466 e. The molecular weight excluding hydrogens is 330 g/mol. The van der Waals surface area contributed by atoms with Gasteiger partial charge in [0.25, 0.3) is 0 Å². The van der Waals surface area contributed by atoms with Crippen LogP contribution in [0.25, 0.3) is 0 Å². The van der Waals surface area contributed by atoms with E-state index in [4.69, 9.17) is 18.8 Å². The third-order valence-corrected chi connectivity index (χ3v) is 4.90. The average Bonchev–Trinajstić information content (AvgIpc) is 2.72. The summed E-state index contributed by atoms with van der Waals surface area (Å²) in [4.78, 5) is 11.4. The second kappa shape index (κ2) is 6.84. The van der Waals surface area contributed by atoms with Gasteiger partial charge in [-0.2, -0.15) is 0 Å². The van der Waals surface area contributed by atoms with E-state index in [2.05, 4.69) is 0 Å². The Bertz CT molecular complexity index is 645. The lowest BCUT2D eigenvalue weighted by Gasteiger charge is -2.32. The Labute approximate surface area is 147 Å². The Hall–Kier alpha value is -1.80. The molecule has 6 nitrogen and oxygen atoms in total. The van der Waals surface area contributed by atoms with Crippen molar-refractivity contribution in [2.24, 2.45) is 0 Å². The minimum absolute atomic E-state index is 0.151. The van der Waals surface area contributed by atoms with Crippen molar-refractivity contribution in [3.8, 4) is 11.5 Å². The molecule has 0 aliphatic carbocycles. The van der Waals surface area contributed by atoms with Gasteiger partial charge in [-0.25, -0.2) is 4.39 Å². The van der Waals surface area contributed by atoms with E-state index in [9.17, 15) is 14.3 Å². The lowest BCUT2D eigenvalue weighted by molar-refractivity contribution is -0.137. The van der Waals surface area contributed by atoms with Gasteiger partial charge in [0.2, 0.25) is 0 Å². The number of rotatable bonds is 6. The van der Waals surface area contributed by atoms with Gasteiger partial charge in [0.15, 0.2) is 11.5 Å². The highest BCUT2D eigenvalue weighted by molar-refractivity contribution is 6.48. The lowest BCUT2D eigenvalue weighted by atomic mass is 9.66. The van der Waals surface area contributed by atoms with E-state index in [0.29, 0.717) is 5.75 Å². The van der Waals surface area contributed by atoms with Gasteiger partial charge in [0, 0.05) is 11.9 Å². The summed E-state index contributed by atoms with van der Waals surface area (Å²) >= 11 is 0. The zero-order valence-corrected chi connectivity index (χ0v) is 15.4. The van der Waals surface area contributed by atoms with Crippen LogP contribution in [0.5, 0.6) is 11.5 Å². The minimum Gasteiger partial charge on any atom is -0.493 e. The maximum absolute atomic E-state index is 14.7. The number of carboxylic acids is 1. The highest BCUT2D eigenvalue weighted by Gasteiger charge is 2.54. The zero-order chi connectivity index (χ0) is 19.0. The summed E-state index contributed by atoms with van der Waals surface area (Å²) in [5, 5.41) is 9.29. The number of carboxylic acid groups (broad SMARTS) is 1. The fourth-order valence-corrected chi connectivity index (χ4v) is 2.75. The lowest BCUT2D eigenvalue weighted by Crippen LogP contribution is -2.41. The zero-order valence-electron chi connectivity index (χ0n) is 15.4. The summed E-state index contributed by atoms with van der Waals surface area (Å²) in [5.41, 5.74) is -1.15. The molecule has 1 fully saturated rings. The van der Waals surface area contributed by atoms with Gasteiger partial charge in [0.1, 0.15) is 5.82 Å². The second-order valence-corrected chi connectivity index (χ2v) is 7.06. The van der Waals surface area contributed by atoms with E-state index in [1.54, 1.807) is 0 Å². The quantitative estimate of drug-likeness (QED) is 0.792. The van der Waals surface area contributed by atoms with Crippen LogP contribution in [-0.4, -0.2) is 43.6 Å². The van der Waals surface area contributed by atoms with Crippen LogP contribution in [0.4, 0.5) is 4.39 Å². The third-order valence-electron chi connectivity index (χ3n) is 4.90. The van der Waals surface area contributed by atoms with Crippen molar-refractivity contribution < 1.29 is 33.1 Å². The van der Waals surface area contributed by atoms with Crippen molar-refractivity contribution in [2.75, 3.05) is 14.2 Å². The molecule has 8 heteroatoms. The first-order valence-electron chi connectivity index (χ1n) is 8.01. The Morgan fingerprint density at radius 1 is 1.16 bits per heavy atom. The number of hydrogen-bond acceptors (Lipinski definition) is 5. The normalized spacial score (nSPS) is 19.6. The predicted octanol–water partition coefficient (Wildman–Crippen LogP) is 3.03. The van der Waals surface area contributed by atoms with E-state index >= 15 is 0 Å². The molecule has 0 amide bonds. The van der Waals surface area contributed by atoms with Gasteiger partial charge in [-0.05, 0) is 39.3 Å². The van der Waals surface area contributed by atoms with E-state index in [0.717, 1.165) is 0 Å². The van der Waals surface area contributed by atoms with Gasteiger partial charge in [-0.3, -0.25) is 4.79 Å². The Kier molecular flexibility index (Phi) is 5.34. The maximum atomic E-state index is 14.7. The molecule has 1 unspecified atom stereocenters. The number of halogens is 1. The van der Waals surface area contributed by atoms with Crippen LogP contribution >= 0.6 is 0 Å². The summed E-state index contributed by atoms with van der Waals surface area (Å²) < 4.78 is 36.8. The van der Waals surface area contributed by atoms with Crippen molar-refractivity contribution in [3.63, 3.8) is 0 Å². The average molecular weight is 354 g/mol. The van der Waals surface area contributed by atoms with Crippen LogP contribution in [0.2, 0.25) is 0 Å². The molecule has 2 rings (SSSR count). The van der Waals surface area contributed by atoms with E-state index in [-0.39, 0.29) is 17.7 Å². The van der Waals surface area contributed by atoms with Crippen molar-refractivity contribution in [1.29, 1.82) is 0 Å². The standard InChI is InChI=1S/C17H24BFO6/c1-16(2)17(3,4)25-18(24-16)11(8-15(20)21)10-7-13(22-5)14(23-6)9-12(10)19/h7,9,11H,8H2,1-6H3,(H,20,21). The molecule has 1 atom stereocenters. The number of ether oxygens (including phenoxy) is 2. The molecule has 1 N–H and O–H groups in total. The first kappa shape index (κ1) is 19.5. The summed E-state index contributed by atoms with van der Waals surface area (Å²) in [7, 11) is 1.94. The molecule has 0 spiro atoms. The van der Waals surface area contributed by atoms with Crippen LogP contribution in [-0.2, 0) is 14.1 Å². The number of methoxy groups -OCH3 is 2. The number of benzene rings is 1. The molecule has 1 aliphatic rings.